The van der Waals surface area contributed by atoms with Gasteiger partial charge in [0.05, 0.1) is 11.4 Å². The van der Waals surface area contributed by atoms with Crippen molar-refractivity contribution in [2.24, 2.45) is 0 Å². The van der Waals surface area contributed by atoms with Gasteiger partial charge in [0.2, 0.25) is 10.0 Å². The van der Waals surface area contributed by atoms with Crippen molar-refractivity contribution < 1.29 is 18.0 Å². The lowest BCUT2D eigenvalue weighted by molar-refractivity contribution is -0.128. The average Bonchev–Trinajstić information content (AvgIpc) is 2.82. The molecule has 3 aromatic carbocycles. The number of aryl methyl sites for hydroxylation is 1. The quantitative estimate of drug-likeness (QED) is 0.379. The van der Waals surface area contributed by atoms with Crippen LogP contribution in [0.1, 0.15) is 16.4 Å². The normalized spacial score (nSPS) is 12.2. The summed E-state index contributed by atoms with van der Waals surface area (Å²) >= 11 is 1.35. The van der Waals surface area contributed by atoms with Gasteiger partial charge < -0.3 is 0 Å². The molecule has 33 heavy (non-hydrogen) atoms. The number of carbonyl (C=O) groups is 2. The van der Waals surface area contributed by atoms with Gasteiger partial charge in [0.25, 0.3) is 11.8 Å². The minimum atomic E-state index is -3.83. The maximum absolute atomic E-state index is 12.9. The number of nitrogens with zero attached hydrogens (tertiary/aromatic N) is 1. The highest BCUT2D eigenvalue weighted by Gasteiger charge is 2.25. The van der Waals surface area contributed by atoms with Crippen LogP contribution in [0.15, 0.2) is 94.7 Å². The smallest absolute Gasteiger partial charge is 0.256 e. The van der Waals surface area contributed by atoms with E-state index in [-0.39, 0.29) is 4.90 Å². The fraction of sp³-hybridized carbons (Fsp3) is 0.167. The maximum Gasteiger partial charge on any atom is 0.256 e. The molecule has 0 aliphatic heterocycles. The number of sulfonamides is 1. The molecular formula is C24H25N3O4S2. The summed E-state index contributed by atoms with van der Waals surface area (Å²) in [6.07, 6.45) is 0. The van der Waals surface area contributed by atoms with E-state index in [4.69, 9.17) is 0 Å². The first-order valence-electron chi connectivity index (χ1n) is 10.2. The molecule has 2 N–H and O–H groups in total. The lowest BCUT2D eigenvalue weighted by atomic mass is 10.1. The van der Waals surface area contributed by atoms with Gasteiger partial charge >= 0.3 is 0 Å². The Kier molecular flexibility index (Phi) is 8.26. The molecule has 3 rings (SSSR count). The fourth-order valence-corrected chi connectivity index (χ4v) is 5.12. The van der Waals surface area contributed by atoms with Gasteiger partial charge in [-0.25, -0.2) is 8.42 Å². The second-order valence-corrected chi connectivity index (χ2v) is 10.6. The van der Waals surface area contributed by atoms with Crippen molar-refractivity contribution in [3.8, 4) is 0 Å². The van der Waals surface area contributed by atoms with E-state index in [1.807, 2.05) is 67.6 Å². The highest BCUT2D eigenvalue weighted by atomic mass is 32.2. The molecule has 0 radical (unpaired) electrons. The van der Waals surface area contributed by atoms with Crippen molar-refractivity contribution in [3.05, 3.63) is 96.1 Å². The zero-order valence-corrected chi connectivity index (χ0v) is 19.9. The zero-order valence-electron chi connectivity index (χ0n) is 18.3. The standard InChI is InChI=1S/C24H25N3O4S2/c1-18-13-15-21(16-14-18)33(30,31)27(2)17-22(28)25-26-24(29)23(19-9-5-3-6-10-19)32-20-11-7-4-8-12-20/h3-16,23H,17H2,1-2H3,(H,25,28)(H,26,29). The van der Waals surface area contributed by atoms with E-state index in [1.165, 1.54) is 30.9 Å². The van der Waals surface area contributed by atoms with Crippen LogP contribution < -0.4 is 10.9 Å². The molecule has 1 unspecified atom stereocenters. The number of benzene rings is 3. The lowest BCUT2D eigenvalue weighted by Gasteiger charge is -2.19. The molecule has 172 valence electrons. The minimum Gasteiger partial charge on any atom is -0.272 e. The summed E-state index contributed by atoms with van der Waals surface area (Å²) in [6, 6.07) is 25.0. The van der Waals surface area contributed by atoms with Crippen LogP contribution in [0.3, 0.4) is 0 Å². The summed E-state index contributed by atoms with van der Waals surface area (Å²) in [7, 11) is -2.52. The fourth-order valence-electron chi connectivity index (χ4n) is 2.95. The number of likely N-dealkylation sites (N-methyl/N-ethyl adjacent to an activating group) is 1. The van der Waals surface area contributed by atoms with Gasteiger partial charge in [-0.1, -0.05) is 66.2 Å². The van der Waals surface area contributed by atoms with Gasteiger partial charge in [-0.15, -0.1) is 11.8 Å². The molecule has 0 aliphatic carbocycles. The second-order valence-electron chi connectivity index (χ2n) is 7.33. The average molecular weight is 484 g/mol. The maximum atomic E-state index is 12.9. The molecule has 0 fully saturated rings. The number of carbonyl (C=O) groups excluding carboxylic acids is 2. The van der Waals surface area contributed by atoms with Crippen molar-refractivity contribution in [1.29, 1.82) is 0 Å². The van der Waals surface area contributed by atoms with Crippen molar-refractivity contribution in [2.45, 2.75) is 22.0 Å². The summed E-state index contributed by atoms with van der Waals surface area (Å²) in [5, 5.41) is -0.608. The highest BCUT2D eigenvalue weighted by Crippen LogP contribution is 2.35. The van der Waals surface area contributed by atoms with Gasteiger partial charge in [0.1, 0.15) is 5.25 Å². The summed E-state index contributed by atoms with van der Waals surface area (Å²) < 4.78 is 26.3. The molecule has 0 bridgehead atoms. The van der Waals surface area contributed by atoms with E-state index in [0.29, 0.717) is 0 Å². The molecule has 0 spiro atoms. The number of amides is 2. The predicted octanol–water partition coefficient (Wildman–Crippen LogP) is 3.30. The molecule has 9 heteroatoms. The molecule has 7 nitrogen and oxygen atoms in total. The summed E-state index contributed by atoms with van der Waals surface area (Å²) in [5.74, 6) is -1.08. The van der Waals surface area contributed by atoms with E-state index in [9.17, 15) is 18.0 Å². The SMILES string of the molecule is Cc1ccc(S(=O)(=O)N(C)CC(=O)NNC(=O)C(Sc2ccccc2)c2ccccc2)cc1. The number of hydrazine groups is 1. The Bertz CT molecular complexity index is 1190. The van der Waals surface area contributed by atoms with E-state index in [0.717, 1.165) is 20.3 Å². The first-order valence-corrected chi connectivity index (χ1v) is 12.5. The van der Waals surface area contributed by atoms with Crippen LogP contribution >= 0.6 is 11.8 Å². The minimum absolute atomic E-state index is 0.0934. The Hall–Kier alpha value is -3.14. The Labute approximate surface area is 198 Å². The second kappa shape index (κ2) is 11.1. The monoisotopic (exact) mass is 483 g/mol. The molecule has 0 aliphatic rings. The Morgan fingerprint density at radius 3 is 2.06 bits per heavy atom. The van der Waals surface area contributed by atoms with Crippen molar-refractivity contribution in [3.63, 3.8) is 0 Å². The van der Waals surface area contributed by atoms with Crippen LogP contribution in [0, 0.1) is 6.92 Å². The molecule has 2 amide bonds. The largest absolute Gasteiger partial charge is 0.272 e. The van der Waals surface area contributed by atoms with Crippen LogP contribution in [0.2, 0.25) is 0 Å². The third kappa shape index (κ3) is 6.67. The molecule has 3 aromatic rings. The lowest BCUT2D eigenvalue weighted by Crippen LogP contribution is -2.47. The number of rotatable bonds is 8. The summed E-state index contributed by atoms with van der Waals surface area (Å²) in [5.41, 5.74) is 6.45. The first-order chi connectivity index (χ1) is 15.8. The molecular weight excluding hydrogens is 458 g/mol. The number of thioether (sulfide) groups is 1. The molecule has 0 saturated heterocycles. The van der Waals surface area contributed by atoms with Crippen LogP contribution in [0.25, 0.3) is 0 Å². The van der Waals surface area contributed by atoms with Crippen molar-refractivity contribution in [2.75, 3.05) is 13.6 Å². The van der Waals surface area contributed by atoms with E-state index in [1.54, 1.807) is 12.1 Å². The molecule has 0 saturated carbocycles. The molecule has 1 atom stereocenters. The third-order valence-electron chi connectivity index (χ3n) is 4.76. The van der Waals surface area contributed by atoms with Gasteiger partial charge in [0.15, 0.2) is 0 Å². The Morgan fingerprint density at radius 1 is 0.879 bits per heavy atom. The summed E-state index contributed by atoms with van der Waals surface area (Å²) in [6.45, 7) is 1.41. The predicted molar refractivity (Wildman–Crippen MR) is 129 cm³/mol. The summed E-state index contributed by atoms with van der Waals surface area (Å²) in [4.78, 5) is 26.3. The number of hydrogen-bond acceptors (Lipinski definition) is 5. The van der Waals surface area contributed by atoms with Crippen molar-refractivity contribution >= 4 is 33.6 Å². The Balaban J connectivity index is 1.63. The van der Waals surface area contributed by atoms with Crippen molar-refractivity contribution in [1.82, 2.24) is 15.2 Å². The number of hydrogen-bond donors (Lipinski definition) is 2. The van der Waals surface area contributed by atoms with E-state index < -0.39 is 33.6 Å². The van der Waals surface area contributed by atoms with E-state index >= 15 is 0 Å². The first kappa shape index (κ1) is 24.5. The van der Waals surface area contributed by atoms with Crippen LogP contribution in [0.5, 0.6) is 0 Å². The molecule has 0 aromatic heterocycles. The highest BCUT2D eigenvalue weighted by molar-refractivity contribution is 8.00. The van der Waals surface area contributed by atoms with Gasteiger partial charge in [-0.05, 0) is 36.8 Å². The topological polar surface area (TPSA) is 95.6 Å². The Morgan fingerprint density at radius 2 is 1.45 bits per heavy atom. The van der Waals surface area contributed by atoms with Crippen LogP contribution in [-0.4, -0.2) is 38.1 Å². The molecule has 0 heterocycles. The van der Waals surface area contributed by atoms with Crippen LogP contribution in [0.4, 0.5) is 0 Å². The number of nitrogens with one attached hydrogen (secondary N) is 2. The third-order valence-corrected chi connectivity index (χ3v) is 7.84. The van der Waals surface area contributed by atoms with Gasteiger partial charge in [0, 0.05) is 11.9 Å². The zero-order chi connectivity index (χ0) is 23.8. The van der Waals surface area contributed by atoms with Gasteiger partial charge in [-0.2, -0.15) is 4.31 Å². The van der Waals surface area contributed by atoms with Gasteiger partial charge in [-0.3, -0.25) is 20.4 Å². The van der Waals surface area contributed by atoms with Crippen LogP contribution in [-0.2, 0) is 19.6 Å². The van der Waals surface area contributed by atoms with E-state index in [2.05, 4.69) is 10.9 Å².